The maximum atomic E-state index is 12.6. The summed E-state index contributed by atoms with van der Waals surface area (Å²) in [6.45, 7) is 14.9. The number of likely N-dealkylation sites (N-methyl/N-ethyl adjacent to an activating group) is 1. The van der Waals surface area contributed by atoms with Gasteiger partial charge < -0.3 is 0 Å². The van der Waals surface area contributed by atoms with Crippen molar-refractivity contribution in [2.24, 2.45) is 5.92 Å². The largest absolute Gasteiger partial charge is 0.298 e. The minimum Gasteiger partial charge on any atom is -0.298 e. The fourth-order valence-corrected chi connectivity index (χ4v) is 2.75. The predicted octanol–water partition coefficient (Wildman–Crippen LogP) is 3.89. The van der Waals surface area contributed by atoms with Gasteiger partial charge in [-0.2, -0.15) is 0 Å². The SMILES string of the molecule is CCC(C)CC(=O)C(CC)(CC)N(CC)CC. The summed E-state index contributed by atoms with van der Waals surface area (Å²) >= 11 is 0. The summed E-state index contributed by atoms with van der Waals surface area (Å²) in [4.78, 5) is 15.0. The third-order valence-electron chi connectivity index (χ3n) is 4.29. The van der Waals surface area contributed by atoms with Crippen molar-refractivity contribution >= 4 is 5.78 Å². The van der Waals surface area contributed by atoms with Gasteiger partial charge in [0.2, 0.25) is 0 Å². The van der Waals surface area contributed by atoms with Crippen LogP contribution in [0.1, 0.15) is 67.2 Å². The van der Waals surface area contributed by atoms with Crippen LogP contribution in [-0.4, -0.2) is 29.3 Å². The molecule has 0 N–H and O–H groups in total. The van der Waals surface area contributed by atoms with Gasteiger partial charge in [-0.05, 0) is 31.8 Å². The number of carbonyl (C=O) groups excluding carboxylic acids is 1. The second-order valence-electron chi connectivity index (χ2n) is 5.05. The van der Waals surface area contributed by atoms with Crippen molar-refractivity contribution < 1.29 is 4.79 Å². The van der Waals surface area contributed by atoms with Crippen LogP contribution in [0.15, 0.2) is 0 Å². The molecule has 0 rings (SSSR count). The summed E-state index contributed by atoms with van der Waals surface area (Å²) in [5, 5.41) is 0. The molecule has 2 heteroatoms. The van der Waals surface area contributed by atoms with Crippen molar-refractivity contribution in [2.75, 3.05) is 13.1 Å². The highest BCUT2D eigenvalue weighted by molar-refractivity contribution is 5.88. The minimum atomic E-state index is -0.215. The topological polar surface area (TPSA) is 20.3 Å². The number of hydrogen-bond acceptors (Lipinski definition) is 2. The quantitative estimate of drug-likeness (QED) is 0.610. The maximum absolute atomic E-state index is 12.6. The molecule has 0 aromatic carbocycles. The molecule has 0 aromatic heterocycles. The Labute approximate surface area is 108 Å². The summed E-state index contributed by atoms with van der Waals surface area (Å²) < 4.78 is 0. The van der Waals surface area contributed by atoms with E-state index in [1.165, 1.54) is 0 Å². The molecule has 0 aliphatic rings. The standard InChI is InChI=1S/C15H31NO/c1-7-13(6)12-14(17)15(8-2,9-3)16(10-4)11-5/h13H,7-12H2,1-6H3. The van der Waals surface area contributed by atoms with Gasteiger partial charge in [0.15, 0.2) is 5.78 Å². The molecule has 0 amide bonds. The molecule has 0 spiro atoms. The molecule has 1 unspecified atom stereocenters. The van der Waals surface area contributed by atoms with E-state index < -0.39 is 0 Å². The van der Waals surface area contributed by atoms with Gasteiger partial charge in [-0.25, -0.2) is 0 Å². The van der Waals surface area contributed by atoms with Gasteiger partial charge in [0.05, 0.1) is 5.54 Å². The number of nitrogens with zero attached hydrogens (tertiary/aromatic N) is 1. The number of Topliss-reactive ketones (excluding diaryl/α,β-unsaturated/α-hetero) is 1. The lowest BCUT2D eigenvalue weighted by molar-refractivity contribution is -0.132. The molecule has 102 valence electrons. The molecule has 0 aliphatic carbocycles. The van der Waals surface area contributed by atoms with Gasteiger partial charge in [0.1, 0.15) is 0 Å². The Morgan fingerprint density at radius 3 is 1.82 bits per heavy atom. The first kappa shape index (κ1) is 16.6. The highest BCUT2D eigenvalue weighted by atomic mass is 16.1. The second kappa shape index (κ2) is 7.86. The normalized spacial score (nSPS) is 14.1. The molecule has 0 bridgehead atoms. The van der Waals surface area contributed by atoms with E-state index >= 15 is 0 Å². The molecular formula is C15H31NO. The first-order valence-electron chi connectivity index (χ1n) is 7.30. The summed E-state index contributed by atoms with van der Waals surface area (Å²) in [7, 11) is 0. The molecule has 1 atom stereocenters. The Balaban J connectivity index is 4.97. The van der Waals surface area contributed by atoms with Gasteiger partial charge in [-0.1, -0.05) is 48.0 Å². The van der Waals surface area contributed by atoms with E-state index in [1.807, 2.05) is 0 Å². The lowest BCUT2D eigenvalue weighted by Crippen LogP contribution is -2.54. The molecule has 0 saturated heterocycles. The van der Waals surface area contributed by atoms with Gasteiger partial charge in [-0.15, -0.1) is 0 Å². The number of ketones is 1. The third kappa shape index (κ3) is 3.80. The van der Waals surface area contributed by atoms with E-state index in [0.29, 0.717) is 11.7 Å². The fraction of sp³-hybridized carbons (Fsp3) is 0.933. The number of rotatable bonds is 9. The highest BCUT2D eigenvalue weighted by Gasteiger charge is 2.38. The van der Waals surface area contributed by atoms with Crippen LogP contribution >= 0.6 is 0 Å². The van der Waals surface area contributed by atoms with Crippen LogP contribution in [-0.2, 0) is 4.79 Å². The molecule has 0 fully saturated rings. The lowest BCUT2D eigenvalue weighted by Gasteiger charge is -2.41. The van der Waals surface area contributed by atoms with E-state index in [-0.39, 0.29) is 5.54 Å². The Hall–Kier alpha value is -0.370. The Morgan fingerprint density at radius 1 is 1.06 bits per heavy atom. The van der Waals surface area contributed by atoms with Gasteiger partial charge in [0, 0.05) is 6.42 Å². The van der Waals surface area contributed by atoms with Gasteiger partial charge in [-0.3, -0.25) is 9.69 Å². The predicted molar refractivity (Wildman–Crippen MR) is 75.3 cm³/mol. The zero-order chi connectivity index (χ0) is 13.5. The molecule has 2 nitrogen and oxygen atoms in total. The smallest absolute Gasteiger partial charge is 0.153 e. The second-order valence-corrected chi connectivity index (χ2v) is 5.05. The number of carbonyl (C=O) groups is 1. The van der Waals surface area contributed by atoms with Gasteiger partial charge in [0.25, 0.3) is 0 Å². The summed E-state index contributed by atoms with van der Waals surface area (Å²) in [6, 6.07) is 0. The van der Waals surface area contributed by atoms with Crippen molar-refractivity contribution in [1.29, 1.82) is 0 Å². The van der Waals surface area contributed by atoms with Crippen LogP contribution in [0.2, 0.25) is 0 Å². The zero-order valence-corrected chi connectivity index (χ0v) is 12.7. The van der Waals surface area contributed by atoms with Gasteiger partial charge >= 0.3 is 0 Å². The van der Waals surface area contributed by atoms with E-state index in [9.17, 15) is 4.79 Å². The lowest BCUT2D eigenvalue weighted by atomic mass is 9.81. The molecular weight excluding hydrogens is 210 g/mol. The highest BCUT2D eigenvalue weighted by Crippen LogP contribution is 2.28. The van der Waals surface area contributed by atoms with E-state index in [1.54, 1.807) is 0 Å². The molecule has 0 radical (unpaired) electrons. The maximum Gasteiger partial charge on any atom is 0.153 e. The number of hydrogen-bond donors (Lipinski definition) is 0. The average Bonchev–Trinajstić information content (AvgIpc) is 2.35. The third-order valence-corrected chi connectivity index (χ3v) is 4.29. The van der Waals surface area contributed by atoms with Crippen molar-refractivity contribution in [3.63, 3.8) is 0 Å². The summed E-state index contributed by atoms with van der Waals surface area (Å²) in [5.74, 6) is 0.955. The summed E-state index contributed by atoms with van der Waals surface area (Å²) in [6.07, 6.45) is 3.68. The van der Waals surface area contributed by atoms with Crippen LogP contribution in [0, 0.1) is 5.92 Å². The zero-order valence-electron chi connectivity index (χ0n) is 12.7. The molecule has 0 aliphatic heterocycles. The Morgan fingerprint density at radius 2 is 1.53 bits per heavy atom. The Bertz CT molecular complexity index is 217. The molecule has 0 heterocycles. The monoisotopic (exact) mass is 241 g/mol. The fourth-order valence-electron chi connectivity index (χ4n) is 2.75. The van der Waals surface area contributed by atoms with Crippen LogP contribution in [0.4, 0.5) is 0 Å². The molecule has 17 heavy (non-hydrogen) atoms. The molecule has 0 aromatic rings. The van der Waals surface area contributed by atoms with Crippen LogP contribution in [0.3, 0.4) is 0 Å². The first-order chi connectivity index (χ1) is 8.02. The van der Waals surface area contributed by atoms with Crippen molar-refractivity contribution in [1.82, 2.24) is 4.90 Å². The Kier molecular flexibility index (Phi) is 7.69. The van der Waals surface area contributed by atoms with E-state index in [4.69, 9.17) is 0 Å². The first-order valence-corrected chi connectivity index (χ1v) is 7.30. The minimum absolute atomic E-state index is 0.215. The van der Waals surface area contributed by atoms with E-state index in [2.05, 4.69) is 46.4 Å². The van der Waals surface area contributed by atoms with Crippen LogP contribution in [0.25, 0.3) is 0 Å². The van der Waals surface area contributed by atoms with Crippen molar-refractivity contribution in [3.8, 4) is 0 Å². The van der Waals surface area contributed by atoms with E-state index in [0.717, 1.165) is 38.8 Å². The van der Waals surface area contributed by atoms with Crippen molar-refractivity contribution in [2.45, 2.75) is 72.8 Å². The van der Waals surface area contributed by atoms with Crippen LogP contribution in [0.5, 0.6) is 0 Å². The average molecular weight is 241 g/mol. The summed E-state index contributed by atoms with van der Waals surface area (Å²) in [5.41, 5.74) is -0.215. The van der Waals surface area contributed by atoms with Crippen LogP contribution < -0.4 is 0 Å². The molecule has 0 saturated carbocycles. The van der Waals surface area contributed by atoms with Crippen molar-refractivity contribution in [3.05, 3.63) is 0 Å².